The monoisotopic (exact) mass is 318 g/mol. The first-order valence-electron chi connectivity index (χ1n) is 9.25. The number of unbranched alkanes of at least 4 members (excludes halogenated alkanes) is 9. The van der Waals surface area contributed by atoms with Crippen molar-refractivity contribution in [1.29, 1.82) is 0 Å². The van der Waals surface area contributed by atoms with Crippen molar-refractivity contribution in [2.75, 3.05) is 33.0 Å². The van der Waals surface area contributed by atoms with Crippen LogP contribution >= 0.6 is 0 Å². The van der Waals surface area contributed by atoms with Crippen molar-refractivity contribution in [3.8, 4) is 0 Å². The minimum absolute atomic E-state index is 0.0430. The van der Waals surface area contributed by atoms with E-state index < -0.39 is 0 Å². The molecule has 0 aromatic rings. The topological polar surface area (TPSA) is 58.9 Å². The van der Waals surface area contributed by atoms with Crippen LogP contribution in [0.25, 0.3) is 0 Å². The van der Waals surface area contributed by atoms with Crippen molar-refractivity contribution < 1.29 is 19.7 Å². The van der Waals surface area contributed by atoms with Gasteiger partial charge >= 0.3 is 0 Å². The molecule has 2 N–H and O–H groups in total. The van der Waals surface area contributed by atoms with Crippen molar-refractivity contribution >= 4 is 0 Å². The first-order chi connectivity index (χ1) is 10.8. The summed E-state index contributed by atoms with van der Waals surface area (Å²) in [5.74, 6) is 0. The van der Waals surface area contributed by atoms with Crippen molar-refractivity contribution in [2.24, 2.45) is 0 Å². The zero-order valence-electron chi connectivity index (χ0n) is 14.6. The quantitative estimate of drug-likeness (QED) is 0.378. The largest absolute Gasteiger partial charge is 0.394 e. The smallest absolute Gasteiger partial charge is 0.0773 e. The summed E-state index contributed by atoms with van der Waals surface area (Å²) in [6, 6.07) is 0. The summed E-state index contributed by atoms with van der Waals surface area (Å²) in [5, 5.41) is 18.3. The number of hydrogen-bond donors (Lipinski definition) is 2. The lowest BCUT2D eigenvalue weighted by molar-refractivity contribution is -0.00465. The fourth-order valence-electron chi connectivity index (χ4n) is 2.45. The Balaban J connectivity index is 3.10. The minimum atomic E-state index is -0.355. The molecule has 0 saturated carbocycles. The van der Waals surface area contributed by atoms with Crippen LogP contribution < -0.4 is 0 Å². The van der Waals surface area contributed by atoms with Crippen molar-refractivity contribution in [1.82, 2.24) is 0 Å². The van der Waals surface area contributed by atoms with E-state index in [4.69, 9.17) is 14.6 Å². The maximum atomic E-state index is 9.77. The average molecular weight is 318 g/mol. The molecule has 134 valence electrons. The highest BCUT2D eigenvalue weighted by Crippen LogP contribution is 2.12. The van der Waals surface area contributed by atoms with Gasteiger partial charge in [-0.15, -0.1) is 0 Å². The highest BCUT2D eigenvalue weighted by molar-refractivity contribution is 4.55. The zero-order valence-corrected chi connectivity index (χ0v) is 14.6. The van der Waals surface area contributed by atoms with Crippen LogP contribution in [0.2, 0.25) is 0 Å². The lowest BCUT2D eigenvalue weighted by Crippen LogP contribution is -2.17. The molecule has 0 aromatic carbocycles. The molecular weight excluding hydrogens is 280 g/mol. The van der Waals surface area contributed by atoms with Crippen molar-refractivity contribution in [3.63, 3.8) is 0 Å². The Bertz CT molecular complexity index is 200. The lowest BCUT2D eigenvalue weighted by Gasteiger charge is -2.11. The lowest BCUT2D eigenvalue weighted by atomic mass is 10.0. The van der Waals surface area contributed by atoms with Crippen LogP contribution in [0.15, 0.2) is 0 Å². The Morgan fingerprint density at radius 1 is 0.727 bits per heavy atom. The molecule has 0 amide bonds. The SMILES string of the molecule is CCCCCCCCCCCCC(O)COCCOCCO. The highest BCUT2D eigenvalue weighted by atomic mass is 16.5. The summed E-state index contributed by atoms with van der Waals surface area (Å²) in [5.41, 5.74) is 0. The van der Waals surface area contributed by atoms with E-state index >= 15 is 0 Å². The van der Waals surface area contributed by atoms with Gasteiger partial charge in [-0.1, -0.05) is 71.1 Å². The van der Waals surface area contributed by atoms with Gasteiger partial charge in [-0.3, -0.25) is 0 Å². The molecule has 1 atom stereocenters. The van der Waals surface area contributed by atoms with Crippen molar-refractivity contribution in [3.05, 3.63) is 0 Å². The summed E-state index contributed by atoms with van der Waals surface area (Å²) < 4.78 is 10.4. The van der Waals surface area contributed by atoms with Gasteiger partial charge in [0.15, 0.2) is 0 Å². The van der Waals surface area contributed by atoms with Crippen LogP contribution in [-0.2, 0) is 9.47 Å². The summed E-state index contributed by atoms with van der Waals surface area (Å²) in [6.45, 7) is 4.00. The Morgan fingerprint density at radius 3 is 1.86 bits per heavy atom. The molecule has 22 heavy (non-hydrogen) atoms. The van der Waals surface area contributed by atoms with Crippen LogP contribution in [0, 0.1) is 0 Å². The van der Waals surface area contributed by atoms with Crippen molar-refractivity contribution in [2.45, 2.75) is 83.7 Å². The summed E-state index contributed by atoms with van der Waals surface area (Å²) in [6.07, 6.45) is 13.6. The van der Waals surface area contributed by atoms with Gasteiger partial charge in [0, 0.05) is 0 Å². The molecule has 4 heteroatoms. The van der Waals surface area contributed by atoms with E-state index in [0.29, 0.717) is 26.4 Å². The molecule has 1 unspecified atom stereocenters. The molecule has 0 spiro atoms. The van der Waals surface area contributed by atoms with E-state index in [1.165, 1.54) is 57.8 Å². The third-order valence-electron chi connectivity index (χ3n) is 3.81. The van der Waals surface area contributed by atoms with Gasteiger partial charge in [-0.05, 0) is 6.42 Å². The van der Waals surface area contributed by atoms with E-state index in [1.807, 2.05) is 0 Å². The molecule has 0 aromatic heterocycles. The second-order valence-corrected chi connectivity index (χ2v) is 6.04. The van der Waals surface area contributed by atoms with E-state index in [-0.39, 0.29) is 12.7 Å². The first-order valence-corrected chi connectivity index (χ1v) is 9.25. The molecule has 0 saturated heterocycles. The molecule has 0 heterocycles. The van der Waals surface area contributed by atoms with Gasteiger partial charge in [-0.25, -0.2) is 0 Å². The normalized spacial score (nSPS) is 12.7. The van der Waals surface area contributed by atoms with Crippen LogP contribution in [-0.4, -0.2) is 49.4 Å². The maximum absolute atomic E-state index is 9.77. The number of rotatable bonds is 18. The van der Waals surface area contributed by atoms with Crippen LogP contribution in [0.4, 0.5) is 0 Å². The van der Waals surface area contributed by atoms with Gasteiger partial charge in [0.1, 0.15) is 0 Å². The molecule has 0 bridgehead atoms. The van der Waals surface area contributed by atoms with E-state index in [1.54, 1.807) is 0 Å². The fraction of sp³-hybridized carbons (Fsp3) is 1.00. The standard InChI is InChI=1S/C18H38O4/c1-2-3-4-5-6-7-8-9-10-11-12-18(20)17-22-16-15-21-14-13-19/h18-20H,2-17H2,1H3. The van der Waals surface area contributed by atoms with Gasteiger partial charge in [0.25, 0.3) is 0 Å². The molecule has 0 aliphatic heterocycles. The van der Waals surface area contributed by atoms with Crippen LogP contribution in [0.5, 0.6) is 0 Å². The summed E-state index contributed by atoms with van der Waals surface area (Å²) in [7, 11) is 0. The molecule has 0 aliphatic carbocycles. The predicted molar refractivity (Wildman–Crippen MR) is 91.2 cm³/mol. The number of hydrogen-bond acceptors (Lipinski definition) is 4. The summed E-state index contributed by atoms with van der Waals surface area (Å²) in [4.78, 5) is 0. The number of ether oxygens (including phenoxy) is 2. The van der Waals surface area contributed by atoms with Gasteiger partial charge in [0.05, 0.1) is 39.1 Å². The van der Waals surface area contributed by atoms with E-state index in [9.17, 15) is 5.11 Å². The van der Waals surface area contributed by atoms with Crippen LogP contribution in [0.1, 0.15) is 77.6 Å². The third-order valence-corrected chi connectivity index (χ3v) is 3.81. The molecule has 0 fully saturated rings. The summed E-state index contributed by atoms with van der Waals surface area (Å²) >= 11 is 0. The average Bonchev–Trinajstić information content (AvgIpc) is 2.52. The Kier molecular flexibility index (Phi) is 18.8. The Morgan fingerprint density at radius 2 is 1.27 bits per heavy atom. The molecule has 0 rings (SSSR count). The first kappa shape index (κ1) is 21.8. The second kappa shape index (κ2) is 18.9. The molecular formula is C18H38O4. The Labute approximate surface area is 137 Å². The highest BCUT2D eigenvalue weighted by Gasteiger charge is 2.03. The third kappa shape index (κ3) is 17.9. The number of aliphatic hydroxyl groups excluding tert-OH is 2. The fourth-order valence-corrected chi connectivity index (χ4v) is 2.45. The second-order valence-electron chi connectivity index (χ2n) is 6.04. The molecule has 0 radical (unpaired) electrons. The van der Waals surface area contributed by atoms with E-state index in [0.717, 1.165) is 12.8 Å². The molecule has 0 aliphatic rings. The Hall–Kier alpha value is -0.160. The number of aliphatic hydroxyl groups is 2. The van der Waals surface area contributed by atoms with Gasteiger partial charge in [-0.2, -0.15) is 0 Å². The van der Waals surface area contributed by atoms with Gasteiger partial charge < -0.3 is 19.7 Å². The van der Waals surface area contributed by atoms with Gasteiger partial charge in [0.2, 0.25) is 0 Å². The zero-order chi connectivity index (χ0) is 16.3. The minimum Gasteiger partial charge on any atom is -0.394 e. The maximum Gasteiger partial charge on any atom is 0.0773 e. The van der Waals surface area contributed by atoms with E-state index in [2.05, 4.69) is 6.92 Å². The predicted octanol–water partition coefficient (Wildman–Crippen LogP) is 3.68. The van der Waals surface area contributed by atoms with Crippen LogP contribution in [0.3, 0.4) is 0 Å². The molecule has 4 nitrogen and oxygen atoms in total.